The van der Waals surface area contributed by atoms with E-state index in [1.165, 1.54) is 33.1 Å². The number of methoxy groups -OCH3 is 1. The number of aryl methyl sites for hydroxylation is 1. The van der Waals surface area contributed by atoms with Crippen molar-refractivity contribution >= 4 is 29.2 Å². The van der Waals surface area contributed by atoms with Gasteiger partial charge in [0, 0.05) is 0 Å². The number of esters is 1. The minimum atomic E-state index is -0.832. The number of nitro groups is 1. The van der Waals surface area contributed by atoms with Gasteiger partial charge in [-0.1, -0.05) is 0 Å². The number of carbonyl (C=O) groups is 3. The van der Waals surface area contributed by atoms with E-state index in [9.17, 15) is 24.5 Å². The van der Waals surface area contributed by atoms with Gasteiger partial charge in [-0.2, -0.15) is 0 Å². The SMILES string of the molecule is CCOC(=O)c1c(NC(=O)COc2ccc(OC)cc2[N+](=O)[O-])oc(C)c1C(C)=O. The van der Waals surface area contributed by atoms with Crippen LogP contribution in [0.4, 0.5) is 11.6 Å². The number of nitrogens with one attached hydrogen (secondary N) is 1. The first-order valence-electron chi connectivity index (χ1n) is 8.76. The highest BCUT2D eigenvalue weighted by atomic mass is 16.6. The highest BCUT2D eigenvalue weighted by molar-refractivity contribution is 6.10. The number of ketones is 1. The van der Waals surface area contributed by atoms with E-state index in [0.717, 1.165) is 6.07 Å². The lowest BCUT2D eigenvalue weighted by Gasteiger charge is -2.09. The Hall–Kier alpha value is -3.89. The summed E-state index contributed by atoms with van der Waals surface area (Å²) in [4.78, 5) is 46.9. The fourth-order valence-electron chi connectivity index (χ4n) is 2.65. The summed E-state index contributed by atoms with van der Waals surface area (Å²) in [6, 6.07) is 3.88. The van der Waals surface area contributed by atoms with Crippen LogP contribution in [0.1, 0.15) is 40.3 Å². The maximum Gasteiger partial charge on any atom is 0.344 e. The van der Waals surface area contributed by atoms with Gasteiger partial charge in [0.1, 0.15) is 17.1 Å². The zero-order chi connectivity index (χ0) is 22.4. The monoisotopic (exact) mass is 420 g/mol. The molecule has 0 atom stereocenters. The third kappa shape index (κ3) is 4.93. The standard InChI is InChI=1S/C19H20N2O9/c1-5-28-19(24)17-16(10(2)22)11(3)30-18(17)20-15(23)9-29-14-7-6-12(27-4)8-13(14)21(25)26/h6-8H,5,9H2,1-4H3,(H,20,23). The van der Waals surface area contributed by atoms with E-state index < -0.39 is 29.2 Å². The number of anilines is 1. The van der Waals surface area contributed by atoms with Crippen LogP contribution in [0.5, 0.6) is 11.5 Å². The van der Waals surface area contributed by atoms with Gasteiger partial charge >= 0.3 is 11.7 Å². The van der Waals surface area contributed by atoms with Crippen LogP contribution in [0.2, 0.25) is 0 Å². The van der Waals surface area contributed by atoms with E-state index in [2.05, 4.69) is 5.32 Å². The number of furan rings is 1. The van der Waals surface area contributed by atoms with Crippen LogP contribution in [0.3, 0.4) is 0 Å². The van der Waals surface area contributed by atoms with E-state index >= 15 is 0 Å². The highest BCUT2D eigenvalue weighted by Crippen LogP contribution is 2.31. The minimum Gasteiger partial charge on any atom is -0.496 e. The summed E-state index contributed by atoms with van der Waals surface area (Å²) in [5.74, 6) is -2.08. The van der Waals surface area contributed by atoms with Crippen LogP contribution in [-0.2, 0) is 9.53 Å². The predicted molar refractivity (Wildman–Crippen MR) is 103 cm³/mol. The summed E-state index contributed by atoms with van der Waals surface area (Å²) >= 11 is 0. The lowest BCUT2D eigenvalue weighted by atomic mass is 10.1. The molecule has 1 amide bonds. The zero-order valence-electron chi connectivity index (χ0n) is 16.8. The summed E-state index contributed by atoms with van der Waals surface area (Å²) in [5.41, 5.74) is -0.594. The Balaban J connectivity index is 2.21. The number of benzene rings is 1. The second-order valence-corrected chi connectivity index (χ2v) is 5.94. The molecule has 1 N–H and O–H groups in total. The molecule has 11 nitrogen and oxygen atoms in total. The Morgan fingerprint density at radius 3 is 2.50 bits per heavy atom. The van der Waals surface area contributed by atoms with Gasteiger partial charge < -0.3 is 18.6 Å². The van der Waals surface area contributed by atoms with Crippen LogP contribution < -0.4 is 14.8 Å². The normalized spacial score (nSPS) is 10.3. The molecule has 0 radical (unpaired) electrons. The molecular formula is C19H20N2O9. The van der Waals surface area contributed by atoms with Crippen molar-refractivity contribution in [1.82, 2.24) is 0 Å². The first-order valence-corrected chi connectivity index (χ1v) is 8.76. The highest BCUT2D eigenvalue weighted by Gasteiger charge is 2.29. The van der Waals surface area contributed by atoms with Gasteiger partial charge in [0.2, 0.25) is 5.88 Å². The Morgan fingerprint density at radius 1 is 1.23 bits per heavy atom. The topological polar surface area (TPSA) is 147 Å². The smallest absolute Gasteiger partial charge is 0.344 e. The van der Waals surface area contributed by atoms with E-state index in [0.29, 0.717) is 0 Å². The number of nitrogens with zero attached hydrogens (tertiary/aromatic N) is 1. The van der Waals surface area contributed by atoms with Crippen molar-refractivity contribution in [3.63, 3.8) is 0 Å². The molecule has 0 spiro atoms. The molecule has 0 aliphatic heterocycles. The molecule has 160 valence electrons. The van der Waals surface area contributed by atoms with E-state index in [1.807, 2.05) is 0 Å². The van der Waals surface area contributed by atoms with Crippen molar-refractivity contribution < 1.29 is 37.9 Å². The van der Waals surface area contributed by atoms with Crippen LogP contribution in [-0.4, -0.2) is 42.9 Å². The summed E-state index contributed by atoms with van der Waals surface area (Å²) in [6.45, 7) is 3.74. The number of ether oxygens (including phenoxy) is 3. The van der Waals surface area contributed by atoms with Crippen LogP contribution in [0.15, 0.2) is 22.6 Å². The van der Waals surface area contributed by atoms with Crippen molar-refractivity contribution in [2.75, 3.05) is 25.6 Å². The van der Waals surface area contributed by atoms with Crippen molar-refractivity contribution in [3.8, 4) is 11.5 Å². The van der Waals surface area contributed by atoms with Crippen LogP contribution >= 0.6 is 0 Å². The van der Waals surface area contributed by atoms with Crippen molar-refractivity contribution in [3.05, 3.63) is 45.2 Å². The van der Waals surface area contributed by atoms with Crippen molar-refractivity contribution in [1.29, 1.82) is 0 Å². The molecular weight excluding hydrogens is 400 g/mol. The molecule has 0 fully saturated rings. The molecule has 2 rings (SSSR count). The van der Waals surface area contributed by atoms with E-state index in [1.54, 1.807) is 6.92 Å². The first kappa shape index (κ1) is 22.4. The molecule has 2 aromatic rings. The molecule has 11 heteroatoms. The molecule has 0 bridgehead atoms. The average molecular weight is 420 g/mol. The second kappa shape index (κ2) is 9.54. The fraction of sp³-hybridized carbons (Fsp3) is 0.316. The van der Waals surface area contributed by atoms with E-state index in [4.69, 9.17) is 18.6 Å². The van der Waals surface area contributed by atoms with Crippen molar-refractivity contribution in [2.24, 2.45) is 0 Å². The van der Waals surface area contributed by atoms with Gasteiger partial charge in [-0.05, 0) is 32.9 Å². The fourth-order valence-corrected chi connectivity index (χ4v) is 2.65. The lowest BCUT2D eigenvalue weighted by Crippen LogP contribution is -2.22. The molecule has 1 heterocycles. The van der Waals surface area contributed by atoms with Crippen molar-refractivity contribution in [2.45, 2.75) is 20.8 Å². The average Bonchev–Trinajstić information content (AvgIpc) is 3.02. The van der Waals surface area contributed by atoms with Crippen LogP contribution in [0, 0.1) is 17.0 Å². The first-order chi connectivity index (χ1) is 14.2. The molecule has 1 aromatic carbocycles. The third-order valence-electron chi connectivity index (χ3n) is 3.89. The maximum absolute atomic E-state index is 12.3. The molecule has 0 unspecified atom stereocenters. The molecule has 0 aliphatic rings. The van der Waals surface area contributed by atoms with Gasteiger partial charge in [0.05, 0.1) is 30.3 Å². The molecule has 0 saturated carbocycles. The Labute approximate surface area is 171 Å². The molecule has 0 aliphatic carbocycles. The Kier molecular flexibility index (Phi) is 7.13. The number of carbonyl (C=O) groups excluding carboxylic acids is 3. The third-order valence-corrected chi connectivity index (χ3v) is 3.89. The number of rotatable bonds is 9. The molecule has 30 heavy (non-hydrogen) atoms. The predicted octanol–water partition coefficient (Wildman–Crippen LogP) is 2.90. The van der Waals surface area contributed by atoms with Gasteiger partial charge in [-0.15, -0.1) is 0 Å². The Bertz CT molecular complexity index is 994. The van der Waals surface area contributed by atoms with Crippen LogP contribution in [0.25, 0.3) is 0 Å². The maximum atomic E-state index is 12.3. The largest absolute Gasteiger partial charge is 0.496 e. The quantitative estimate of drug-likeness (QED) is 0.280. The number of hydrogen-bond donors (Lipinski definition) is 1. The number of nitro benzene ring substituents is 1. The minimum absolute atomic E-state index is 0.00420. The zero-order valence-corrected chi connectivity index (χ0v) is 16.8. The molecule has 1 aromatic heterocycles. The summed E-state index contributed by atoms with van der Waals surface area (Å²) in [5, 5.41) is 13.5. The summed E-state index contributed by atoms with van der Waals surface area (Å²) in [6.07, 6.45) is 0. The summed E-state index contributed by atoms with van der Waals surface area (Å²) < 4.78 is 20.4. The number of hydrogen-bond acceptors (Lipinski definition) is 9. The van der Waals surface area contributed by atoms with Gasteiger partial charge in [-0.3, -0.25) is 25.0 Å². The second-order valence-electron chi connectivity index (χ2n) is 5.94. The van der Waals surface area contributed by atoms with Gasteiger partial charge in [0.25, 0.3) is 5.91 Å². The summed E-state index contributed by atoms with van der Waals surface area (Å²) in [7, 11) is 1.36. The van der Waals surface area contributed by atoms with Gasteiger partial charge in [-0.25, -0.2) is 4.79 Å². The Morgan fingerprint density at radius 2 is 1.93 bits per heavy atom. The van der Waals surface area contributed by atoms with Gasteiger partial charge in [0.15, 0.2) is 18.1 Å². The number of Topliss-reactive ketones (excluding diaryl/α,β-unsaturated/α-hetero) is 1. The van der Waals surface area contributed by atoms with E-state index in [-0.39, 0.29) is 46.6 Å². The lowest BCUT2D eigenvalue weighted by molar-refractivity contribution is -0.385. The number of amides is 1. The molecule has 0 saturated heterocycles.